The minimum absolute atomic E-state index is 0.691. The summed E-state index contributed by atoms with van der Waals surface area (Å²) in [6.45, 7) is 5.91. The van der Waals surface area contributed by atoms with Gasteiger partial charge in [-0.3, -0.25) is 0 Å². The summed E-state index contributed by atoms with van der Waals surface area (Å²) in [5, 5.41) is 2.38. The fraction of sp³-hybridized carbons (Fsp3) is 0.533. The van der Waals surface area contributed by atoms with Gasteiger partial charge in [-0.25, -0.2) is 0 Å². The number of rotatable bonds is 19. The Hall–Kier alpha value is -1.68. The van der Waals surface area contributed by atoms with Crippen LogP contribution in [-0.2, 0) is 8.85 Å². The van der Waals surface area contributed by atoms with E-state index in [9.17, 15) is 0 Å². The summed E-state index contributed by atoms with van der Waals surface area (Å²) in [5.41, 5.74) is 0. The van der Waals surface area contributed by atoms with Crippen LogP contribution in [0.1, 0.15) is 90.9 Å². The van der Waals surface area contributed by atoms with Crippen molar-refractivity contribution in [2.45, 2.75) is 90.9 Å². The molecule has 0 unspecified atom stereocenters. The molecule has 0 aliphatic heterocycles. The van der Waals surface area contributed by atoms with Crippen LogP contribution in [0.5, 0.6) is 0 Å². The summed E-state index contributed by atoms with van der Waals surface area (Å²) in [6.07, 6.45) is 19.9. The predicted molar refractivity (Wildman–Crippen MR) is 146 cm³/mol. The molecule has 2 aromatic carbocycles. The van der Waals surface area contributed by atoms with Crippen LogP contribution in [0.25, 0.3) is 0 Å². The second-order valence-electron chi connectivity index (χ2n) is 8.92. The SMILES string of the molecule is CCCCCCCCCC/C=C/CCO[Si](OCCCC)(c1ccccc1)c1ccccc1. The van der Waals surface area contributed by atoms with Crippen LogP contribution < -0.4 is 10.4 Å². The number of hydrogen-bond donors (Lipinski definition) is 0. The first-order chi connectivity index (χ1) is 16.3. The molecule has 2 aromatic rings. The van der Waals surface area contributed by atoms with Gasteiger partial charge in [0.05, 0.1) is 0 Å². The van der Waals surface area contributed by atoms with Gasteiger partial charge in [-0.15, -0.1) is 0 Å². The molecule has 0 aliphatic rings. The summed E-state index contributed by atoms with van der Waals surface area (Å²) in [4.78, 5) is 0. The van der Waals surface area contributed by atoms with Gasteiger partial charge in [-0.05, 0) is 36.1 Å². The second-order valence-corrected chi connectivity index (χ2v) is 11.9. The highest BCUT2D eigenvalue weighted by molar-refractivity contribution is 6.92. The van der Waals surface area contributed by atoms with Crippen molar-refractivity contribution in [1.29, 1.82) is 0 Å². The molecule has 2 nitrogen and oxygen atoms in total. The molecule has 0 spiro atoms. The first-order valence-electron chi connectivity index (χ1n) is 13.4. The van der Waals surface area contributed by atoms with E-state index in [-0.39, 0.29) is 0 Å². The van der Waals surface area contributed by atoms with Gasteiger partial charge < -0.3 is 8.85 Å². The molecule has 0 heterocycles. The molecule has 33 heavy (non-hydrogen) atoms. The normalized spacial score (nSPS) is 11.9. The van der Waals surface area contributed by atoms with Gasteiger partial charge in [-0.1, -0.05) is 138 Å². The van der Waals surface area contributed by atoms with Gasteiger partial charge in [-0.2, -0.15) is 0 Å². The minimum Gasteiger partial charge on any atom is -0.388 e. The van der Waals surface area contributed by atoms with E-state index >= 15 is 0 Å². The molecule has 3 heteroatoms. The Balaban J connectivity index is 1.86. The Kier molecular flexibility index (Phi) is 14.8. The van der Waals surface area contributed by atoms with Crippen LogP contribution >= 0.6 is 0 Å². The van der Waals surface area contributed by atoms with Gasteiger partial charge in [0, 0.05) is 13.2 Å². The van der Waals surface area contributed by atoms with E-state index in [2.05, 4.69) is 86.7 Å². The van der Waals surface area contributed by atoms with E-state index < -0.39 is 8.56 Å². The predicted octanol–water partition coefficient (Wildman–Crippen LogP) is 7.55. The van der Waals surface area contributed by atoms with E-state index in [1.165, 1.54) is 68.2 Å². The third-order valence-electron chi connectivity index (χ3n) is 6.09. The van der Waals surface area contributed by atoms with Crippen molar-refractivity contribution in [3.05, 3.63) is 72.8 Å². The number of unbranched alkanes of at least 4 members (excludes halogenated alkanes) is 9. The molecular formula is C30H46O2Si. The lowest BCUT2D eigenvalue weighted by molar-refractivity contribution is 0.191. The molecule has 0 saturated heterocycles. The second kappa shape index (κ2) is 17.7. The molecule has 0 bridgehead atoms. The minimum atomic E-state index is -2.72. The van der Waals surface area contributed by atoms with Crippen LogP contribution in [0, 0.1) is 0 Å². The summed E-state index contributed by atoms with van der Waals surface area (Å²) in [6, 6.07) is 21.2. The van der Waals surface area contributed by atoms with E-state index in [0.29, 0.717) is 6.61 Å². The van der Waals surface area contributed by atoms with Crippen LogP contribution in [0.4, 0.5) is 0 Å². The molecule has 0 fully saturated rings. The van der Waals surface area contributed by atoms with Crippen molar-refractivity contribution in [2.75, 3.05) is 13.2 Å². The van der Waals surface area contributed by atoms with Crippen molar-refractivity contribution >= 4 is 18.9 Å². The zero-order chi connectivity index (χ0) is 23.5. The molecular weight excluding hydrogens is 420 g/mol. The van der Waals surface area contributed by atoms with Crippen molar-refractivity contribution in [3.8, 4) is 0 Å². The average molecular weight is 467 g/mol. The summed E-state index contributed by atoms with van der Waals surface area (Å²) >= 11 is 0. The van der Waals surface area contributed by atoms with Crippen LogP contribution in [0.2, 0.25) is 0 Å². The fourth-order valence-electron chi connectivity index (χ4n) is 4.12. The number of allylic oxidation sites excluding steroid dienone is 1. The zero-order valence-electron chi connectivity index (χ0n) is 21.1. The van der Waals surface area contributed by atoms with Gasteiger partial charge >= 0.3 is 8.56 Å². The molecule has 0 atom stereocenters. The number of benzene rings is 2. The summed E-state index contributed by atoms with van der Waals surface area (Å²) < 4.78 is 13.3. The quantitative estimate of drug-likeness (QED) is 0.121. The van der Waals surface area contributed by atoms with Crippen LogP contribution in [0.3, 0.4) is 0 Å². The van der Waals surface area contributed by atoms with Gasteiger partial charge in [0.15, 0.2) is 0 Å². The molecule has 0 amide bonds. The standard InChI is InChI=1S/C30H46O2Si/c1-3-5-7-8-9-10-11-12-13-14-15-22-28-32-33(31-27-6-4-2,29-23-18-16-19-24-29)30-25-20-17-21-26-30/h14-21,23-26H,3-13,22,27-28H2,1-2H3/b15-14+. The Morgan fingerprint density at radius 3 is 1.61 bits per heavy atom. The Bertz CT molecular complexity index is 690. The van der Waals surface area contributed by atoms with Crippen LogP contribution in [-0.4, -0.2) is 21.8 Å². The van der Waals surface area contributed by atoms with Gasteiger partial charge in [0.25, 0.3) is 0 Å². The smallest absolute Gasteiger partial charge is 0.388 e. The zero-order valence-corrected chi connectivity index (χ0v) is 22.1. The lowest BCUT2D eigenvalue weighted by Gasteiger charge is -2.31. The van der Waals surface area contributed by atoms with Gasteiger partial charge in [0.2, 0.25) is 0 Å². The molecule has 0 saturated carbocycles. The fourth-order valence-corrected chi connectivity index (χ4v) is 7.30. The monoisotopic (exact) mass is 466 g/mol. The largest absolute Gasteiger partial charge is 0.407 e. The number of hydrogen-bond acceptors (Lipinski definition) is 2. The molecule has 0 radical (unpaired) electrons. The Labute approximate surface area is 204 Å². The molecule has 2 rings (SSSR count). The van der Waals surface area contributed by atoms with Crippen molar-refractivity contribution in [1.82, 2.24) is 0 Å². The Morgan fingerprint density at radius 2 is 1.03 bits per heavy atom. The lowest BCUT2D eigenvalue weighted by atomic mass is 10.1. The van der Waals surface area contributed by atoms with Crippen molar-refractivity contribution in [2.24, 2.45) is 0 Å². The molecule has 0 aliphatic carbocycles. The maximum absolute atomic E-state index is 6.71. The highest BCUT2D eigenvalue weighted by atomic mass is 28.4. The highest BCUT2D eigenvalue weighted by Crippen LogP contribution is 2.13. The third-order valence-corrected chi connectivity index (χ3v) is 9.50. The molecule has 0 N–H and O–H groups in total. The van der Waals surface area contributed by atoms with E-state index in [1.54, 1.807) is 0 Å². The lowest BCUT2D eigenvalue weighted by Crippen LogP contribution is -2.63. The van der Waals surface area contributed by atoms with Gasteiger partial charge in [0.1, 0.15) is 0 Å². The summed E-state index contributed by atoms with van der Waals surface area (Å²) in [5.74, 6) is 0. The maximum Gasteiger partial charge on any atom is 0.407 e. The molecule has 182 valence electrons. The highest BCUT2D eigenvalue weighted by Gasteiger charge is 2.42. The first-order valence-corrected chi connectivity index (χ1v) is 15.2. The Morgan fingerprint density at radius 1 is 0.545 bits per heavy atom. The van der Waals surface area contributed by atoms with Crippen LogP contribution in [0.15, 0.2) is 72.8 Å². The third kappa shape index (κ3) is 10.4. The first kappa shape index (κ1) is 27.6. The average Bonchev–Trinajstić information content (AvgIpc) is 2.87. The topological polar surface area (TPSA) is 18.5 Å². The molecule has 0 aromatic heterocycles. The van der Waals surface area contributed by atoms with E-state index in [1.807, 2.05) is 0 Å². The summed E-state index contributed by atoms with van der Waals surface area (Å²) in [7, 11) is -2.72. The maximum atomic E-state index is 6.71. The van der Waals surface area contributed by atoms with E-state index in [4.69, 9.17) is 8.85 Å². The van der Waals surface area contributed by atoms with E-state index in [0.717, 1.165) is 25.9 Å². The van der Waals surface area contributed by atoms with Crippen molar-refractivity contribution < 1.29 is 8.85 Å². The van der Waals surface area contributed by atoms with Crippen molar-refractivity contribution in [3.63, 3.8) is 0 Å².